The van der Waals surface area contributed by atoms with E-state index in [2.05, 4.69) is 30.3 Å². The molecule has 272 valence electrons. The standard InChI is InChI=1S/C14H11ClF5N3O2.C14H11F6N3O2/c1-23-6-7(10(22-23)11(16)17)12(24)21-8-4-2-3-5-9(8)25-14(19,20)13(15)18;1-23-6-7(10(22-23)11(15)16)12(24)21-8-4-2-3-5-9(8)25-14(19,20)13(17)18/h2*2-6,11,13H,1H3,(H,21,24). The molecule has 4 aromatic rings. The second-order valence-corrected chi connectivity index (χ2v) is 10.0. The van der Waals surface area contributed by atoms with Gasteiger partial charge in [-0.1, -0.05) is 35.9 Å². The number of aromatic nitrogens is 4. The van der Waals surface area contributed by atoms with E-state index in [1.54, 1.807) is 0 Å². The van der Waals surface area contributed by atoms with Crippen LogP contribution in [0.3, 0.4) is 0 Å². The first-order valence-electron chi connectivity index (χ1n) is 13.4. The summed E-state index contributed by atoms with van der Waals surface area (Å²) < 4.78 is 151. The van der Waals surface area contributed by atoms with Gasteiger partial charge in [-0.3, -0.25) is 19.0 Å². The number of para-hydroxylation sites is 4. The molecule has 0 aliphatic carbocycles. The predicted molar refractivity (Wildman–Crippen MR) is 153 cm³/mol. The first kappa shape index (κ1) is 39.4. The van der Waals surface area contributed by atoms with Crippen molar-refractivity contribution < 1.29 is 67.4 Å². The number of alkyl halides is 12. The van der Waals surface area contributed by atoms with Gasteiger partial charge in [0.15, 0.2) is 0 Å². The minimum absolute atomic E-state index is 0.284. The summed E-state index contributed by atoms with van der Waals surface area (Å²) in [5.74, 6) is -3.44. The zero-order chi connectivity index (χ0) is 37.6. The summed E-state index contributed by atoms with van der Waals surface area (Å²) in [5.41, 5.74) is -6.32. The number of carbonyl (C=O) groups excluding carboxylic acids is 2. The van der Waals surface area contributed by atoms with Crippen molar-refractivity contribution in [3.05, 3.63) is 83.4 Å². The molecule has 4 rings (SSSR count). The van der Waals surface area contributed by atoms with E-state index in [0.29, 0.717) is 0 Å². The fourth-order valence-electron chi connectivity index (χ4n) is 3.76. The lowest BCUT2D eigenvalue weighted by molar-refractivity contribution is -0.252. The first-order valence-corrected chi connectivity index (χ1v) is 13.8. The summed E-state index contributed by atoms with van der Waals surface area (Å²) in [4.78, 5) is 24.3. The Kier molecular flexibility index (Phi) is 12.7. The molecule has 2 N–H and O–H groups in total. The largest absolute Gasteiger partial charge is 0.461 e. The number of aryl methyl sites for hydroxylation is 2. The Bertz CT molecular complexity index is 1660. The van der Waals surface area contributed by atoms with E-state index < -0.39 is 88.6 Å². The Balaban J connectivity index is 0.000000270. The van der Waals surface area contributed by atoms with Crippen LogP contribution in [0.2, 0.25) is 0 Å². The highest BCUT2D eigenvalue weighted by Gasteiger charge is 2.45. The van der Waals surface area contributed by atoms with Gasteiger partial charge in [0, 0.05) is 26.5 Å². The molecule has 0 aliphatic heterocycles. The van der Waals surface area contributed by atoms with Gasteiger partial charge in [0.1, 0.15) is 22.9 Å². The molecule has 1 unspecified atom stereocenters. The lowest BCUT2D eigenvalue weighted by Gasteiger charge is -2.19. The van der Waals surface area contributed by atoms with Crippen LogP contribution in [-0.2, 0) is 14.1 Å². The normalized spacial score (nSPS) is 12.4. The highest BCUT2D eigenvalue weighted by molar-refractivity contribution is 6.20. The summed E-state index contributed by atoms with van der Waals surface area (Å²) >= 11 is 4.71. The van der Waals surface area contributed by atoms with Crippen LogP contribution in [-0.4, -0.2) is 55.6 Å². The molecule has 0 saturated heterocycles. The molecule has 0 radical (unpaired) electrons. The Labute approximate surface area is 278 Å². The van der Waals surface area contributed by atoms with E-state index in [1.165, 1.54) is 44.4 Å². The topological polar surface area (TPSA) is 112 Å². The smallest absolute Gasteiger partial charge is 0.427 e. The van der Waals surface area contributed by atoms with Crippen molar-refractivity contribution in [3.63, 3.8) is 0 Å². The van der Waals surface area contributed by atoms with Gasteiger partial charge in [-0.2, -0.15) is 36.5 Å². The molecule has 0 bridgehead atoms. The lowest BCUT2D eigenvalue weighted by atomic mass is 10.2. The fraction of sp³-hybridized carbons (Fsp3) is 0.286. The Morgan fingerprint density at radius 3 is 1.38 bits per heavy atom. The van der Waals surface area contributed by atoms with Crippen molar-refractivity contribution in [1.82, 2.24) is 19.6 Å². The molecule has 0 aliphatic rings. The number of benzene rings is 2. The fourth-order valence-corrected chi connectivity index (χ4v) is 3.81. The first-order chi connectivity index (χ1) is 23.2. The van der Waals surface area contributed by atoms with Gasteiger partial charge in [-0.15, -0.1) is 0 Å². The quantitative estimate of drug-likeness (QED) is 0.112. The summed E-state index contributed by atoms with van der Waals surface area (Å²) in [6.45, 7) is 0. The van der Waals surface area contributed by atoms with E-state index in [9.17, 15) is 57.9 Å². The van der Waals surface area contributed by atoms with Crippen LogP contribution in [0.15, 0.2) is 60.9 Å². The van der Waals surface area contributed by atoms with Crippen LogP contribution in [0.4, 0.5) is 59.7 Å². The molecule has 10 nitrogen and oxygen atoms in total. The van der Waals surface area contributed by atoms with Gasteiger partial charge in [-0.25, -0.2) is 22.0 Å². The van der Waals surface area contributed by atoms with Crippen LogP contribution in [0.1, 0.15) is 45.0 Å². The van der Waals surface area contributed by atoms with Gasteiger partial charge in [0.25, 0.3) is 30.3 Å². The third-order valence-corrected chi connectivity index (χ3v) is 6.14. The number of hydrogen-bond donors (Lipinski definition) is 2. The van der Waals surface area contributed by atoms with Crippen LogP contribution in [0.5, 0.6) is 11.5 Å². The average Bonchev–Trinajstić information content (AvgIpc) is 3.62. The molecule has 2 aromatic carbocycles. The van der Waals surface area contributed by atoms with Crippen molar-refractivity contribution in [2.45, 2.75) is 37.1 Å². The van der Waals surface area contributed by atoms with Crippen molar-refractivity contribution in [3.8, 4) is 11.5 Å². The van der Waals surface area contributed by atoms with E-state index in [4.69, 9.17) is 11.6 Å². The summed E-state index contributed by atoms with van der Waals surface area (Å²) in [7, 11) is 2.64. The maximum atomic E-state index is 13.3. The third kappa shape index (κ3) is 9.98. The predicted octanol–water partition coefficient (Wildman–Crippen LogP) is 7.96. The third-order valence-electron chi connectivity index (χ3n) is 5.89. The van der Waals surface area contributed by atoms with Crippen molar-refractivity contribution in [1.29, 1.82) is 0 Å². The Morgan fingerprint density at radius 2 is 1.04 bits per heavy atom. The lowest BCUT2D eigenvalue weighted by Crippen LogP contribution is -2.33. The average molecular weight is 751 g/mol. The van der Waals surface area contributed by atoms with Crippen molar-refractivity contribution in [2.24, 2.45) is 14.1 Å². The Morgan fingerprint density at radius 1 is 0.680 bits per heavy atom. The van der Waals surface area contributed by atoms with E-state index >= 15 is 0 Å². The maximum absolute atomic E-state index is 13.3. The minimum Gasteiger partial charge on any atom is -0.427 e. The number of carbonyl (C=O) groups is 2. The van der Waals surface area contributed by atoms with E-state index in [-0.39, 0.29) is 5.69 Å². The monoisotopic (exact) mass is 750 g/mol. The van der Waals surface area contributed by atoms with Gasteiger partial charge >= 0.3 is 18.6 Å². The number of ether oxygens (including phenoxy) is 2. The molecule has 50 heavy (non-hydrogen) atoms. The molecule has 2 heterocycles. The second kappa shape index (κ2) is 16.1. The molecule has 2 amide bonds. The van der Waals surface area contributed by atoms with Crippen LogP contribution in [0, 0.1) is 0 Å². The summed E-state index contributed by atoms with van der Waals surface area (Å²) in [5, 5.41) is 11.1. The molecule has 0 fully saturated rings. The van der Waals surface area contributed by atoms with Gasteiger partial charge in [0.2, 0.25) is 0 Å². The van der Waals surface area contributed by atoms with E-state index in [1.807, 2.05) is 0 Å². The van der Waals surface area contributed by atoms with Crippen LogP contribution >= 0.6 is 11.6 Å². The Hall–Kier alpha value is -5.08. The molecule has 2 aromatic heterocycles. The second-order valence-electron chi connectivity index (χ2n) is 9.63. The van der Waals surface area contributed by atoms with Crippen LogP contribution in [0.25, 0.3) is 0 Å². The maximum Gasteiger partial charge on any atom is 0.461 e. The number of nitrogens with one attached hydrogen (secondary N) is 2. The molecule has 22 heteroatoms. The number of amides is 2. The SMILES string of the molecule is Cn1cc(C(=O)Nc2ccccc2OC(F)(F)C(F)Cl)c(C(F)F)n1.Cn1cc(C(=O)Nc2ccccc2OC(F)(F)C(F)F)c(C(F)F)n1. The highest BCUT2D eigenvalue weighted by Crippen LogP contribution is 2.35. The van der Waals surface area contributed by atoms with Crippen molar-refractivity contribution >= 4 is 34.8 Å². The van der Waals surface area contributed by atoms with E-state index in [0.717, 1.165) is 40.0 Å². The minimum atomic E-state index is -4.79. The van der Waals surface area contributed by atoms with Gasteiger partial charge in [0.05, 0.1) is 22.5 Å². The molecular weight excluding hydrogens is 729 g/mol. The number of hydrogen-bond acceptors (Lipinski definition) is 6. The number of nitrogens with zero attached hydrogens (tertiary/aromatic N) is 4. The number of halogens is 12. The van der Waals surface area contributed by atoms with Crippen LogP contribution < -0.4 is 20.1 Å². The number of anilines is 2. The van der Waals surface area contributed by atoms with Gasteiger partial charge in [-0.05, 0) is 24.3 Å². The van der Waals surface area contributed by atoms with Crippen molar-refractivity contribution in [2.75, 3.05) is 10.6 Å². The highest BCUT2D eigenvalue weighted by atomic mass is 35.5. The summed E-state index contributed by atoms with van der Waals surface area (Å²) in [6, 6.07) is 9.38. The molecular formula is C28H22ClF11N6O4. The van der Waals surface area contributed by atoms with Gasteiger partial charge < -0.3 is 20.1 Å². The summed E-state index contributed by atoms with van der Waals surface area (Å²) in [6.07, 6.45) is -17.2. The zero-order valence-electron chi connectivity index (χ0n) is 25.0. The molecule has 0 saturated carbocycles. The zero-order valence-corrected chi connectivity index (χ0v) is 25.8. The number of rotatable bonds is 12. The molecule has 0 spiro atoms. The molecule has 1 atom stereocenters.